The molecule has 0 amide bonds. The molecule has 0 radical (unpaired) electrons. The Labute approximate surface area is 123 Å². The van der Waals surface area contributed by atoms with E-state index in [1.165, 1.54) is 12.1 Å². The van der Waals surface area contributed by atoms with E-state index in [2.05, 4.69) is 12.2 Å². The second-order valence-corrected chi connectivity index (χ2v) is 5.62. The fraction of sp³-hybridized carbons (Fsp3) is 0.533. The average molecular weight is 292 g/mol. The number of carboxylic acid groups (broad SMARTS) is 1. The molecule has 0 saturated heterocycles. The van der Waals surface area contributed by atoms with Crippen molar-refractivity contribution in [3.63, 3.8) is 0 Å². The third-order valence-electron chi connectivity index (χ3n) is 4.18. The monoisotopic (exact) mass is 292 g/mol. The highest BCUT2D eigenvalue weighted by Crippen LogP contribution is 2.29. The van der Waals surface area contributed by atoms with Crippen LogP contribution >= 0.6 is 0 Å². The molecule has 1 aliphatic rings. The average Bonchev–Trinajstić information content (AvgIpc) is 2.46. The van der Waals surface area contributed by atoms with Gasteiger partial charge in [-0.25, -0.2) is 0 Å². The zero-order chi connectivity index (χ0) is 15.4. The fourth-order valence-electron chi connectivity index (χ4n) is 2.97. The van der Waals surface area contributed by atoms with Crippen molar-refractivity contribution in [2.45, 2.75) is 44.7 Å². The van der Waals surface area contributed by atoms with Gasteiger partial charge >= 0.3 is 5.97 Å². The van der Waals surface area contributed by atoms with Crippen LogP contribution in [-0.2, 0) is 4.79 Å². The van der Waals surface area contributed by atoms with Gasteiger partial charge in [0.1, 0.15) is 6.04 Å². The molecule has 21 heavy (non-hydrogen) atoms. The quantitative estimate of drug-likeness (QED) is 0.643. The Kier molecular flexibility index (Phi) is 4.90. The molecule has 0 aromatic heterocycles. The summed E-state index contributed by atoms with van der Waals surface area (Å²) in [5.41, 5.74) is 0.0636. The van der Waals surface area contributed by atoms with Crippen LogP contribution in [0.3, 0.4) is 0 Å². The van der Waals surface area contributed by atoms with Crippen LogP contribution in [0.15, 0.2) is 24.3 Å². The first-order chi connectivity index (χ1) is 10.0. The van der Waals surface area contributed by atoms with E-state index in [1.54, 1.807) is 12.1 Å². The lowest BCUT2D eigenvalue weighted by atomic mass is 9.85. The summed E-state index contributed by atoms with van der Waals surface area (Å²) in [7, 11) is 0. The van der Waals surface area contributed by atoms with E-state index in [-0.39, 0.29) is 17.3 Å². The number of nitro groups is 1. The molecule has 0 spiro atoms. The van der Waals surface area contributed by atoms with Crippen molar-refractivity contribution in [1.82, 2.24) is 5.32 Å². The molecule has 6 heteroatoms. The first-order valence-corrected chi connectivity index (χ1v) is 7.23. The van der Waals surface area contributed by atoms with Gasteiger partial charge in [0.05, 0.1) is 10.5 Å². The largest absolute Gasteiger partial charge is 0.480 e. The van der Waals surface area contributed by atoms with Crippen molar-refractivity contribution in [2.24, 2.45) is 5.92 Å². The lowest BCUT2D eigenvalue weighted by Gasteiger charge is -2.32. The molecule has 3 atom stereocenters. The first kappa shape index (κ1) is 15.4. The summed E-state index contributed by atoms with van der Waals surface area (Å²) in [6.45, 7) is 2.09. The van der Waals surface area contributed by atoms with Crippen LogP contribution in [0, 0.1) is 16.0 Å². The van der Waals surface area contributed by atoms with Gasteiger partial charge in [-0.2, -0.15) is 0 Å². The van der Waals surface area contributed by atoms with Gasteiger partial charge in [0.15, 0.2) is 0 Å². The van der Waals surface area contributed by atoms with Gasteiger partial charge in [-0.05, 0) is 24.8 Å². The van der Waals surface area contributed by atoms with Crippen molar-refractivity contribution in [3.8, 4) is 0 Å². The predicted octanol–water partition coefficient (Wildman–Crippen LogP) is 2.89. The summed E-state index contributed by atoms with van der Waals surface area (Å²) < 4.78 is 0. The number of nitro benzene ring substituents is 1. The van der Waals surface area contributed by atoms with E-state index >= 15 is 0 Å². The Balaban J connectivity index is 2.27. The SMILES string of the molecule is CC1CCCCC1NC(C(=O)O)c1ccccc1[N+](=O)[O-]. The molecular formula is C15H20N2O4. The highest BCUT2D eigenvalue weighted by Gasteiger charge is 2.31. The minimum absolute atomic E-state index is 0.0830. The van der Waals surface area contributed by atoms with Crippen LogP contribution in [-0.4, -0.2) is 22.0 Å². The molecule has 114 valence electrons. The lowest BCUT2D eigenvalue weighted by Crippen LogP contribution is -2.42. The van der Waals surface area contributed by atoms with Gasteiger partial charge in [0, 0.05) is 12.1 Å². The van der Waals surface area contributed by atoms with E-state index in [1.807, 2.05) is 0 Å². The number of para-hydroxylation sites is 1. The highest BCUT2D eigenvalue weighted by molar-refractivity contribution is 5.77. The van der Waals surface area contributed by atoms with Crippen LogP contribution in [0.4, 0.5) is 5.69 Å². The maximum atomic E-state index is 11.6. The molecule has 0 bridgehead atoms. The highest BCUT2D eigenvalue weighted by atomic mass is 16.6. The van der Waals surface area contributed by atoms with Crippen LogP contribution in [0.2, 0.25) is 0 Å². The van der Waals surface area contributed by atoms with Gasteiger partial charge in [-0.3, -0.25) is 20.2 Å². The summed E-state index contributed by atoms with van der Waals surface area (Å²) in [6, 6.07) is 5.07. The maximum Gasteiger partial charge on any atom is 0.325 e. The molecule has 0 heterocycles. The summed E-state index contributed by atoms with van der Waals surface area (Å²) in [6.07, 6.45) is 4.18. The molecule has 1 aliphatic carbocycles. The summed E-state index contributed by atoms with van der Waals surface area (Å²) >= 11 is 0. The Bertz CT molecular complexity index is 532. The van der Waals surface area contributed by atoms with E-state index < -0.39 is 16.9 Å². The topological polar surface area (TPSA) is 92.5 Å². The van der Waals surface area contributed by atoms with E-state index in [0.717, 1.165) is 25.7 Å². The second kappa shape index (κ2) is 6.67. The van der Waals surface area contributed by atoms with Crippen molar-refractivity contribution < 1.29 is 14.8 Å². The minimum Gasteiger partial charge on any atom is -0.480 e. The molecular weight excluding hydrogens is 272 g/mol. The molecule has 1 aromatic rings. The van der Waals surface area contributed by atoms with Crippen LogP contribution in [0.1, 0.15) is 44.2 Å². The normalized spacial score (nSPS) is 23.5. The fourth-order valence-corrected chi connectivity index (χ4v) is 2.97. The van der Waals surface area contributed by atoms with Crippen LogP contribution in [0.5, 0.6) is 0 Å². The number of nitrogens with zero attached hydrogens (tertiary/aromatic N) is 1. The molecule has 1 fully saturated rings. The third kappa shape index (κ3) is 3.58. The zero-order valence-electron chi connectivity index (χ0n) is 12.0. The molecule has 6 nitrogen and oxygen atoms in total. The summed E-state index contributed by atoms with van der Waals surface area (Å²) in [5.74, 6) is -0.703. The van der Waals surface area contributed by atoms with Crippen LogP contribution < -0.4 is 5.32 Å². The molecule has 2 N–H and O–H groups in total. The Morgan fingerprint density at radius 1 is 1.38 bits per heavy atom. The van der Waals surface area contributed by atoms with Gasteiger partial charge in [-0.1, -0.05) is 31.9 Å². The first-order valence-electron chi connectivity index (χ1n) is 7.23. The third-order valence-corrected chi connectivity index (χ3v) is 4.18. The molecule has 1 aromatic carbocycles. The number of hydrogen-bond donors (Lipinski definition) is 2. The molecule has 3 unspecified atom stereocenters. The number of hydrogen-bond acceptors (Lipinski definition) is 4. The Morgan fingerprint density at radius 2 is 2.05 bits per heavy atom. The Morgan fingerprint density at radius 3 is 2.67 bits per heavy atom. The van der Waals surface area contributed by atoms with Crippen molar-refractivity contribution in [3.05, 3.63) is 39.9 Å². The van der Waals surface area contributed by atoms with E-state index in [9.17, 15) is 20.0 Å². The van der Waals surface area contributed by atoms with E-state index in [0.29, 0.717) is 5.92 Å². The van der Waals surface area contributed by atoms with Crippen LogP contribution in [0.25, 0.3) is 0 Å². The second-order valence-electron chi connectivity index (χ2n) is 5.62. The van der Waals surface area contributed by atoms with Gasteiger partial charge in [0.2, 0.25) is 0 Å². The van der Waals surface area contributed by atoms with Gasteiger partial charge in [0.25, 0.3) is 5.69 Å². The minimum atomic E-state index is -1.08. The maximum absolute atomic E-state index is 11.6. The zero-order valence-corrected chi connectivity index (χ0v) is 12.0. The number of nitrogens with one attached hydrogen (secondary N) is 1. The van der Waals surface area contributed by atoms with Crippen molar-refractivity contribution in [1.29, 1.82) is 0 Å². The summed E-state index contributed by atoms with van der Waals surface area (Å²) in [5, 5.41) is 23.7. The van der Waals surface area contributed by atoms with Crippen molar-refractivity contribution in [2.75, 3.05) is 0 Å². The van der Waals surface area contributed by atoms with Crippen molar-refractivity contribution >= 4 is 11.7 Å². The number of benzene rings is 1. The van der Waals surface area contributed by atoms with Gasteiger partial charge < -0.3 is 5.11 Å². The lowest BCUT2D eigenvalue weighted by molar-refractivity contribution is -0.385. The van der Waals surface area contributed by atoms with E-state index in [4.69, 9.17) is 0 Å². The smallest absolute Gasteiger partial charge is 0.325 e. The number of carboxylic acids is 1. The number of aliphatic carboxylic acids is 1. The predicted molar refractivity (Wildman–Crippen MR) is 78.0 cm³/mol. The molecule has 0 aliphatic heterocycles. The number of carbonyl (C=O) groups is 1. The molecule has 2 rings (SSSR count). The van der Waals surface area contributed by atoms with Gasteiger partial charge in [-0.15, -0.1) is 0 Å². The standard InChI is InChI=1S/C15H20N2O4/c1-10-6-2-4-8-12(10)16-14(15(18)19)11-7-3-5-9-13(11)17(20)21/h3,5,7,9-10,12,14,16H,2,4,6,8H2,1H3,(H,18,19). The number of rotatable bonds is 5. The summed E-state index contributed by atoms with van der Waals surface area (Å²) in [4.78, 5) is 22.1. The Hall–Kier alpha value is -1.95. The molecule has 1 saturated carbocycles.